The lowest BCUT2D eigenvalue weighted by Crippen LogP contribution is -2.31. The molecule has 1 aliphatic rings. The number of carbonyl (C=O) groups is 1. The summed E-state index contributed by atoms with van der Waals surface area (Å²) in [5.74, 6) is -2.56. The molecule has 2 aromatic carbocycles. The van der Waals surface area contributed by atoms with Crippen LogP contribution in [0.4, 0.5) is 18.9 Å². The molecule has 0 spiro atoms. The number of nitrogens with one attached hydrogen (secondary N) is 1. The van der Waals surface area contributed by atoms with Gasteiger partial charge in [-0.15, -0.1) is 0 Å². The Morgan fingerprint density at radius 1 is 1.08 bits per heavy atom. The third-order valence-corrected chi connectivity index (χ3v) is 4.22. The second-order valence-corrected chi connectivity index (χ2v) is 5.89. The SMILES string of the molecule is O=C(NCC1CCN(c2ccc(F)c(F)c2)C1)c1ccccc1F. The second-order valence-electron chi connectivity index (χ2n) is 5.89. The molecule has 0 saturated carbocycles. The topological polar surface area (TPSA) is 32.3 Å². The Bertz CT molecular complexity index is 751. The first-order valence-electron chi connectivity index (χ1n) is 7.77. The van der Waals surface area contributed by atoms with E-state index in [1.165, 1.54) is 24.3 Å². The van der Waals surface area contributed by atoms with E-state index in [4.69, 9.17) is 0 Å². The van der Waals surface area contributed by atoms with Gasteiger partial charge < -0.3 is 10.2 Å². The number of nitrogens with zero attached hydrogens (tertiary/aromatic N) is 1. The zero-order valence-electron chi connectivity index (χ0n) is 12.9. The van der Waals surface area contributed by atoms with E-state index in [2.05, 4.69) is 5.32 Å². The molecule has 6 heteroatoms. The van der Waals surface area contributed by atoms with E-state index in [1.54, 1.807) is 12.1 Å². The van der Waals surface area contributed by atoms with Crippen LogP contribution in [-0.4, -0.2) is 25.5 Å². The van der Waals surface area contributed by atoms with Crippen LogP contribution in [0.15, 0.2) is 42.5 Å². The van der Waals surface area contributed by atoms with E-state index in [0.29, 0.717) is 25.3 Å². The number of halogens is 3. The maximum absolute atomic E-state index is 13.6. The molecule has 0 aromatic heterocycles. The minimum atomic E-state index is -0.871. The number of anilines is 1. The number of hydrogen-bond acceptors (Lipinski definition) is 2. The fourth-order valence-corrected chi connectivity index (χ4v) is 2.89. The third-order valence-electron chi connectivity index (χ3n) is 4.22. The van der Waals surface area contributed by atoms with E-state index in [0.717, 1.165) is 12.5 Å². The summed E-state index contributed by atoms with van der Waals surface area (Å²) in [5.41, 5.74) is 0.643. The number of rotatable bonds is 4. The number of carbonyl (C=O) groups excluding carboxylic acids is 1. The smallest absolute Gasteiger partial charge is 0.254 e. The van der Waals surface area contributed by atoms with Crippen molar-refractivity contribution in [3.8, 4) is 0 Å². The quantitative estimate of drug-likeness (QED) is 0.930. The highest BCUT2D eigenvalue weighted by Crippen LogP contribution is 2.25. The number of benzene rings is 2. The van der Waals surface area contributed by atoms with Gasteiger partial charge in [0.1, 0.15) is 5.82 Å². The molecule has 0 aliphatic carbocycles. The third kappa shape index (κ3) is 3.53. The van der Waals surface area contributed by atoms with Crippen LogP contribution in [-0.2, 0) is 0 Å². The Hall–Kier alpha value is -2.50. The van der Waals surface area contributed by atoms with Crippen molar-refractivity contribution in [1.82, 2.24) is 5.32 Å². The highest BCUT2D eigenvalue weighted by molar-refractivity contribution is 5.94. The molecule has 0 bridgehead atoms. The predicted octanol–water partition coefficient (Wildman–Crippen LogP) is 3.36. The van der Waals surface area contributed by atoms with Crippen LogP contribution in [0.2, 0.25) is 0 Å². The van der Waals surface area contributed by atoms with Crippen LogP contribution in [0.3, 0.4) is 0 Å². The standard InChI is InChI=1S/C18H17F3N2O/c19-15-4-2-1-3-14(15)18(24)22-10-12-7-8-23(11-12)13-5-6-16(20)17(21)9-13/h1-6,9,12H,7-8,10-11H2,(H,22,24). The van der Waals surface area contributed by atoms with Crippen LogP contribution < -0.4 is 10.2 Å². The van der Waals surface area contributed by atoms with Crippen molar-refractivity contribution in [2.24, 2.45) is 5.92 Å². The van der Waals surface area contributed by atoms with Crippen molar-refractivity contribution < 1.29 is 18.0 Å². The van der Waals surface area contributed by atoms with E-state index < -0.39 is 23.4 Å². The van der Waals surface area contributed by atoms with Gasteiger partial charge in [-0.3, -0.25) is 4.79 Å². The fraction of sp³-hybridized carbons (Fsp3) is 0.278. The van der Waals surface area contributed by atoms with E-state index >= 15 is 0 Å². The van der Waals surface area contributed by atoms with E-state index in [1.807, 2.05) is 4.90 Å². The van der Waals surface area contributed by atoms with Crippen molar-refractivity contribution in [3.05, 3.63) is 65.5 Å². The number of amides is 1. The number of hydrogen-bond donors (Lipinski definition) is 1. The van der Waals surface area contributed by atoms with Crippen molar-refractivity contribution in [2.45, 2.75) is 6.42 Å². The Morgan fingerprint density at radius 3 is 2.62 bits per heavy atom. The molecule has 1 saturated heterocycles. The molecule has 2 aromatic rings. The van der Waals surface area contributed by atoms with Gasteiger partial charge >= 0.3 is 0 Å². The van der Waals surface area contributed by atoms with E-state index in [9.17, 15) is 18.0 Å². The summed E-state index contributed by atoms with van der Waals surface area (Å²) < 4.78 is 39.9. The van der Waals surface area contributed by atoms with Crippen molar-refractivity contribution in [2.75, 3.05) is 24.5 Å². The molecule has 1 aliphatic heterocycles. The van der Waals surface area contributed by atoms with Gasteiger partial charge in [-0.2, -0.15) is 0 Å². The van der Waals surface area contributed by atoms with Crippen LogP contribution >= 0.6 is 0 Å². The van der Waals surface area contributed by atoms with Crippen LogP contribution in [0.1, 0.15) is 16.8 Å². The molecule has 126 valence electrons. The summed E-state index contributed by atoms with van der Waals surface area (Å²) in [7, 11) is 0. The monoisotopic (exact) mass is 334 g/mol. The second kappa shape index (κ2) is 6.95. The van der Waals surface area contributed by atoms with Crippen LogP contribution in [0, 0.1) is 23.4 Å². The van der Waals surface area contributed by atoms with Crippen molar-refractivity contribution in [1.29, 1.82) is 0 Å². The Kier molecular flexibility index (Phi) is 4.74. The fourth-order valence-electron chi connectivity index (χ4n) is 2.89. The van der Waals surface area contributed by atoms with Crippen molar-refractivity contribution >= 4 is 11.6 Å². The average Bonchev–Trinajstić information content (AvgIpc) is 3.04. The maximum Gasteiger partial charge on any atom is 0.254 e. The zero-order chi connectivity index (χ0) is 17.1. The van der Waals surface area contributed by atoms with Gasteiger partial charge in [-0.1, -0.05) is 12.1 Å². The molecule has 24 heavy (non-hydrogen) atoms. The minimum absolute atomic E-state index is 0.0213. The normalized spacial score (nSPS) is 17.1. The van der Waals surface area contributed by atoms with Gasteiger partial charge in [0.15, 0.2) is 11.6 Å². The largest absolute Gasteiger partial charge is 0.371 e. The lowest BCUT2D eigenvalue weighted by molar-refractivity contribution is 0.0944. The Morgan fingerprint density at radius 2 is 1.88 bits per heavy atom. The summed E-state index contributed by atoms with van der Waals surface area (Å²) in [4.78, 5) is 13.9. The molecule has 1 N–H and O–H groups in total. The summed E-state index contributed by atoms with van der Waals surface area (Å²) in [6.07, 6.45) is 0.816. The molecule has 1 unspecified atom stereocenters. The lowest BCUT2D eigenvalue weighted by atomic mass is 10.1. The first kappa shape index (κ1) is 16.4. The van der Waals surface area contributed by atoms with Crippen LogP contribution in [0.5, 0.6) is 0 Å². The maximum atomic E-state index is 13.6. The molecule has 1 atom stereocenters. The summed E-state index contributed by atoms with van der Waals surface area (Å²) in [5, 5.41) is 2.73. The van der Waals surface area contributed by atoms with Gasteiger partial charge in [0.25, 0.3) is 5.91 Å². The summed E-state index contributed by atoms with van der Waals surface area (Å²) in [6.45, 7) is 1.74. The van der Waals surface area contributed by atoms with Gasteiger partial charge in [-0.05, 0) is 36.6 Å². The summed E-state index contributed by atoms with van der Waals surface area (Å²) >= 11 is 0. The Labute approximate surface area is 138 Å². The molecule has 3 nitrogen and oxygen atoms in total. The average molecular weight is 334 g/mol. The molecule has 0 radical (unpaired) electrons. The van der Waals surface area contributed by atoms with Crippen LogP contribution in [0.25, 0.3) is 0 Å². The molecular formula is C18H17F3N2O. The lowest BCUT2D eigenvalue weighted by Gasteiger charge is -2.19. The molecular weight excluding hydrogens is 317 g/mol. The zero-order valence-corrected chi connectivity index (χ0v) is 12.9. The van der Waals surface area contributed by atoms with Gasteiger partial charge in [0.2, 0.25) is 0 Å². The van der Waals surface area contributed by atoms with E-state index in [-0.39, 0.29) is 11.5 Å². The van der Waals surface area contributed by atoms with Gasteiger partial charge in [0.05, 0.1) is 5.56 Å². The molecule has 1 amide bonds. The first-order valence-corrected chi connectivity index (χ1v) is 7.77. The molecule has 1 heterocycles. The van der Waals surface area contributed by atoms with Crippen molar-refractivity contribution in [3.63, 3.8) is 0 Å². The van der Waals surface area contributed by atoms with Gasteiger partial charge in [0, 0.05) is 31.4 Å². The molecule has 3 rings (SSSR count). The minimum Gasteiger partial charge on any atom is -0.371 e. The molecule has 1 fully saturated rings. The Balaban J connectivity index is 1.56. The van der Waals surface area contributed by atoms with Gasteiger partial charge in [-0.25, -0.2) is 13.2 Å². The summed E-state index contributed by atoms with van der Waals surface area (Å²) in [6, 6.07) is 9.65. The predicted molar refractivity (Wildman–Crippen MR) is 85.4 cm³/mol. The highest BCUT2D eigenvalue weighted by Gasteiger charge is 2.24. The first-order chi connectivity index (χ1) is 11.5. The highest BCUT2D eigenvalue weighted by atomic mass is 19.2.